The molecular formula is C15H20N2. The predicted octanol–water partition coefficient (Wildman–Crippen LogP) is 1.79. The molecule has 0 aliphatic carbocycles. The first-order valence-electron chi connectivity index (χ1n) is 6.31. The molecule has 1 aromatic rings. The van der Waals surface area contributed by atoms with Crippen molar-refractivity contribution in [2.75, 3.05) is 19.6 Å². The second-order valence-electron chi connectivity index (χ2n) is 4.49. The van der Waals surface area contributed by atoms with Gasteiger partial charge in [-0.1, -0.05) is 31.0 Å². The number of rotatable bonds is 4. The van der Waals surface area contributed by atoms with Crippen LogP contribution in [0.5, 0.6) is 0 Å². The zero-order chi connectivity index (χ0) is 12.1. The van der Waals surface area contributed by atoms with Crippen LogP contribution in [0.1, 0.15) is 23.6 Å². The Morgan fingerprint density at radius 3 is 3.12 bits per heavy atom. The molecule has 0 saturated carbocycles. The second kappa shape index (κ2) is 5.86. The molecular weight excluding hydrogens is 208 g/mol. The van der Waals surface area contributed by atoms with Gasteiger partial charge in [-0.05, 0) is 36.2 Å². The molecule has 0 amide bonds. The average Bonchev–Trinajstić information content (AvgIpc) is 2.38. The smallest absolute Gasteiger partial charge is 0.0601 e. The summed E-state index contributed by atoms with van der Waals surface area (Å²) in [7, 11) is 0. The van der Waals surface area contributed by atoms with E-state index in [0.29, 0.717) is 0 Å². The largest absolute Gasteiger partial charge is 0.312 e. The van der Waals surface area contributed by atoms with Crippen LogP contribution in [-0.4, -0.2) is 24.5 Å². The van der Waals surface area contributed by atoms with Gasteiger partial charge in [0.15, 0.2) is 0 Å². The topological polar surface area (TPSA) is 15.3 Å². The van der Waals surface area contributed by atoms with Crippen molar-refractivity contribution < 1.29 is 0 Å². The van der Waals surface area contributed by atoms with Gasteiger partial charge in [0.05, 0.1) is 6.54 Å². The molecule has 1 N–H and O–H groups in total. The highest BCUT2D eigenvalue weighted by Gasteiger charge is 2.13. The summed E-state index contributed by atoms with van der Waals surface area (Å²) in [5.41, 5.74) is 4.42. The van der Waals surface area contributed by atoms with Crippen LogP contribution in [0.2, 0.25) is 0 Å². The Morgan fingerprint density at radius 2 is 2.35 bits per heavy atom. The molecule has 2 nitrogen and oxygen atoms in total. The highest BCUT2D eigenvalue weighted by molar-refractivity contribution is 5.37. The highest BCUT2D eigenvalue weighted by Crippen LogP contribution is 2.20. The van der Waals surface area contributed by atoms with Crippen molar-refractivity contribution in [2.45, 2.75) is 26.4 Å². The zero-order valence-electron chi connectivity index (χ0n) is 10.5. The summed E-state index contributed by atoms with van der Waals surface area (Å²) in [5, 5.41) is 3.41. The molecule has 0 bridgehead atoms. The van der Waals surface area contributed by atoms with E-state index in [1.165, 1.54) is 16.7 Å². The lowest BCUT2D eigenvalue weighted by Crippen LogP contribution is -2.28. The SMILES string of the molecule is C#CCN(CC)Cc1cccc2c1CCNC2. The van der Waals surface area contributed by atoms with Crippen LogP contribution in [0.3, 0.4) is 0 Å². The molecule has 0 unspecified atom stereocenters. The molecule has 0 fully saturated rings. The summed E-state index contributed by atoms with van der Waals surface area (Å²) >= 11 is 0. The van der Waals surface area contributed by atoms with E-state index in [1.807, 2.05) is 0 Å². The molecule has 1 aromatic carbocycles. The molecule has 1 aliphatic heterocycles. The lowest BCUT2D eigenvalue weighted by molar-refractivity contribution is 0.314. The maximum absolute atomic E-state index is 5.39. The van der Waals surface area contributed by atoms with Crippen molar-refractivity contribution in [2.24, 2.45) is 0 Å². The van der Waals surface area contributed by atoms with Crippen molar-refractivity contribution in [3.05, 3.63) is 34.9 Å². The quantitative estimate of drug-likeness (QED) is 0.790. The van der Waals surface area contributed by atoms with Gasteiger partial charge in [0.25, 0.3) is 0 Å². The summed E-state index contributed by atoms with van der Waals surface area (Å²) in [6.07, 6.45) is 6.53. The molecule has 17 heavy (non-hydrogen) atoms. The summed E-state index contributed by atoms with van der Waals surface area (Å²) in [5.74, 6) is 2.73. The summed E-state index contributed by atoms with van der Waals surface area (Å²) in [6, 6.07) is 6.62. The van der Waals surface area contributed by atoms with Crippen LogP contribution in [0.25, 0.3) is 0 Å². The molecule has 1 aliphatic rings. The summed E-state index contributed by atoms with van der Waals surface area (Å²) in [4.78, 5) is 2.30. The maximum atomic E-state index is 5.39. The van der Waals surface area contributed by atoms with Gasteiger partial charge in [0.2, 0.25) is 0 Å². The van der Waals surface area contributed by atoms with Gasteiger partial charge in [-0.25, -0.2) is 0 Å². The normalized spacial score (nSPS) is 14.4. The van der Waals surface area contributed by atoms with Gasteiger partial charge in [0.1, 0.15) is 0 Å². The minimum absolute atomic E-state index is 0.735. The fraction of sp³-hybridized carbons (Fsp3) is 0.467. The molecule has 2 rings (SSSR count). The Balaban J connectivity index is 2.18. The molecule has 2 heteroatoms. The first-order chi connectivity index (χ1) is 8.35. The van der Waals surface area contributed by atoms with Crippen molar-refractivity contribution >= 4 is 0 Å². The third kappa shape index (κ3) is 2.88. The van der Waals surface area contributed by atoms with E-state index < -0.39 is 0 Å². The number of nitrogens with zero attached hydrogens (tertiary/aromatic N) is 1. The second-order valence-corrected chi connectivity index (χ2v) is 4.49. The Morgan fingerprint density at radius 1 is 1.47 bits per heavy atom. The number of terminal acetylenes is 1. The van der Waals surface area contributed by atoms with E-state index in [9.17, 15) is 0 Å². The number of hydrogen-bond acceptors (Lipinski definition) is 2. The number of hydrogen-bond donors (Lipinski definition) is 1. The fourth-order valence-corrected chi connectivity index (χ4v) is 2.41. The van der Waals surface area contributed by atoms with Crippen molar-refractivity contribution in [1.29, 1.82) is 0 Å². The number of fused-ring (bicyclic) bond motifs is 1. The average molecular weight is 228 g/mol. The van der Waals surface area contributed by atoms with E-state index in [0.717, 1.165) is 39.1 Å². The van der Waals surface area contributed by atoms with Crippen LogP contribution in [-0.2, 0) is 19.5 Å². The van der Waals surface area contributed by atoms with Crippen molar-refractivity contribution in [3.8, 4) is 12.3 Å². The lowest BCUT2D eigenvalue weighted by atomic mass is 9.95. The van der Waals surface area contributed by atoms with E-state index >= 15 is 0 Å². The molecule has 0 aromatic heterocycles. The Hall–Kier alpha value is -1.30. The monoisotopic (exact) mass is 228 g/mol. The molecule has 0 radical (unpaired) electrons. The lowest BCUT2D eigenvalue weighted by Gasteiger charge is -2.24. The first-order valence-corrected chi connectivity index (χ1v) is 6.31. The van der Waals surface area contributed by atoms with E-state index in [4.69, 9.17) is 6.42 Å². The van der Waals surface area contributed by atoms with Gasteiger partial charge in [-0.2, -0.15) is 0 Å². The summed E-state index contributed by atoms with van der Waals surface area (Å²) in [6.45, 7) is 6.97. The first kappa shape index (κ1) is 12.2. The molecule has 0 spiro atoms. The third-order valence-electron chi connectivity index (χ3n) is 3.39. The van der Waals surface area contributed by atoms with Gasteiger partial charge < -0.3 is 5.32 Å². The van der Waals surface area contributed by atoms with E-state index in [1.54, 1.807) is 0 Å². The highest BCUT2D eigenvalue weighted by atomic mass is 15.1. The number of nitrogens with one attached hydrogen (secondary N) is 1. The molecule has 0 saturated heterocycles. The van der Waals surface area contributed by atoms with Crippen LogP contribution in [0.4, 0.5) is 0 Å². The Kier molecular flexibility index (Phi) is 4.19. The molecule has 1 heterocycles. The maximum Gasteiger partial charge on any atom is 0.0601 e. The van der Waals surface area contributed by atoms with Crippen LogP contribution in [0, 0.1) is 12.3 Å². The van der Waals surface area contributed by atoms with Crippen LogP contribution >= 0.6 is 0 Å². The Bertz CT molecular complexity index is 417. The van der Waals surface area contributed by atoms with Gasteiger partial charge in [-0.3, -0.25) is 4.90 Å². The minimum atomic E-state index is 0.735. The van der Waals surface area contributed by atoms with E-state index in [-0.39, 0.29) is 0 Å². The summed E-state index contributed by atoms with van der Waals surface area (Å²) < 4.78 is 0. The van der Waals surface area contributed by atoms with Crippen molar-refractivity contribution in [1.82, 2.24) is 10.2 Å². The minimum Gasteiger partial charge on any atom is -0.312 e. The van der Waals surface area contributed by atoms with Gasteiger partial charge in [0, 0.05) is 13.1 Å². The predicted molar refractivity (Wildman–Crippen MR) is 71.6 cm³/mol. The van der Waals surface area contributed by atoms with E-state index in [2.05, 4.69) is 41.3 Å². The van der Waals surface area contributed by atoms with Gasteiger partial charge >= 0.3 is 0 Å². The van der Waals surface area contributed by atoms with Gasteiger partial charge in [-0.15, -0.1) is 6.42 Å². The van der Waals surface area contributed by atoms with Crippen LogP contribution < -0.4 is 5.32 Å². The number of benzene rings is 1. The fourth-order valence-electron chi connectivity index (χ4n) is 2.41. The standard InChI is InChI=1S/C15H20N2/c1-3-10-17(4-2)12-14-7-5-6-13-11-16-9-8-15(13)14/h1,5-7,16H,4,8-12H2,2H3. The molecule has 90 valence electrons. The van der Waals surface area contributed by atoms with Crippen molar-refractivity contribution in [3.63, 3.8) is 0 Å². The molecule has 0 atom stereocenters. The zero-order valence-corrected chi connectivity index (χ0v) is 10.5. The van der Waals surface area contributed by atoms with Crippen LogP contribution in [0.15, 0.2) is 18.2 Å². The third-order valence-corrected chi connectivity index (χ3v) is 3.39. The Labute approximate surface area is 104 Å².